The van der Waals surface area contributed by atoms with Crippen molar-refractivity contribution >= 4 is 5.91 Å². The molecular formula is C21H27NO3. The zero-order chi connectivity index (χ0) is 18.1. The predicted molar refractivity (Wildman–Crippen MR) is 100 cm³/mol. The monoisotopic (exact) mass is 341 g/mol. The molecule has 0 aromatic heterocycles. The Morgan fingerprint density at radius 1 is 1.08 bits per heavy atom. The minimum atomic E-state index is -0.108. The van der Waals surface area contributed by atoms with Gasteiger partial charge >= 0.3 is 0 Å². The van der Waals surface area contributed by atoms with E-state index in [2.05, 4.69) is 12.2 Å². The van der Waals surface area contributed by atoms with E-state index in [1.54, 1.807) is 12.1 Å². The summed E-state index contributed by atoms with van der Waals surface area (Å²) in [5.41, 5.74) is 1.63. The van der Waals surface area contributed by atoms with Crippen molar-refractivity contribution in [1.29, 1.82) is 0 Å². The summed E-state index contributed by atoms with van der Waals surface area (Å²) < 4.78 is 11.3. The summed E-state index contributed by atoms with van der Waals surface area (Å²) in [6.07, 6.45) is 2.24. The quantitative estimate of drug-likeness (QED) is 0.679. The molecule has 0 aliphatic rings. The first-order chi connectivity index (χ1) is 12.1. The van der Waals surface area contributed by atoms with Gasteiger partial charge in [-0.1, -0.05) is 31.5 Å². The van der Waals surface area contributed by atoms with Crippen LogP contribution in [0.3, 0.4) is 0 Å². The van der Waals surface area contributed by atoms with Crippen LogP contribution in [0.15, 0.2) is 48.5 Å². The van der Waals surface area contributed by atoms with E-state index in [0.717, 1.165) is 29.9 Å². The summed E-state index contributed by atoms with van der Waals surface area (Å²) in [5.74, 6) is 1.46. The van der Waals surface area contributed by atoms with Crippen LogP contribution < -0.4 is 14.8 Å². The lowest BCUT2D eigenvalue weighted by Crippen LogP contribution is -2.22. The Morgan fingerprint density at radius 2 is 1.84 bits per heavy atom. The predicted octanol–water partition coefficient (Wildman–Crippen LogP) is 4.58. The van der Waals surface area contributed by atoms with Gasteiger partial charge in [0.1, 0.15) is 11.5 Å². The van der Waals surface area contributed by atoms with E-state index in [0.29, 0.717) is 18.7 Å². The molecule has 0 fully saturated rings. The standard InChI is InChI=1S/C21H27NO3/c1-4-5-13-24-20-8-6-7-18(14-20)21(23)22-15-17-9-11-19(12-10-17)25-16(2)3/h6-12,14,16H,4-5,13,15H2,1-3H3,(H,22,23). The van der Waals surface area contributed by atoms with Gasteiger partial charge in [0, 0.05) is 12.1 Å². The molecule has 1 amide bonds. The second kappa shape index (κ2) is 9.72. The molecule has 4 heteroatoms. The highest BCUT2D eigenvalue weighted by Crippen LogP contribution is 2.15. The second-order valence-corrected chi connectivity index (χ2v) is 6.22. The fraction of sp³-hybridized carbons (Fsp3) is 0.381. The Hall–Kier alpha value is -2.49. The number of hydrogen-bond acceptors (Lipinski definition) is 3. The van der Waals surface area contributed by atoms with Crippen molar-refractivity contribution in [3.8, 4) is 11.5 Å². The molecule has 134 valence electrons. The summed E-state index contributed by atoms with van der Waals surface area (Å²) in [4.78, 5) is 12.3. The third-order valence-corrected chi connectivity index (χ3v) is 3.61. The topological polar surface area (TPSA) is 47.6 Å². The Kier molecular flexibility index (Phi) is 7.33. The number of carbonyl (C=O) groups excluding carboxylic acids is 1. The van der Waals surface area contributed by atoms with Crippen LogP contribution in [0.4, 0.5) is 0 Å². The average molecular weight is 341 g/mol. The molecule has 0 aliphatic carbocycles. The van der Waals surface area contributed by atoms with Gasteiger partial charge in [-0.2, -0.15) is 0 Å². The molecule has 0 spiro atoms. The number of unbranched alkanes of at least 4 members (excludes halogenated alkanes) is 1. The fourth-order valence-corrected chi connectivity index (χ4v) is 2.30. The van der Waals surface area contributed by atoms with Gasteiger partial charge in [-0.05, 0) is 56.2 Å². The molecule has 0 bridgehead atoms. The smallest absolute Gasteiger partial charge is 0.251 e. The van der Waals surface area contributed by atoms with Crippen molar-refractivity contribution in [2.24, 2.45) is 0 Å². The maximum Gasteiger partial charge on any atom is 0.251 e. The molecule has 0 saturated carbocycles. The van der Waals surface area contributed by atoms with Crippen LogP contribution in [0.2, 0.25) is 0 Å². The third kappa shape index (κ3) is 6.49. The maximum atomic E-state index is 12.3. The van der Waals surface area contributed by atoms with Crippen molar-refractivity contribution < 1.29 is 14.3 Å². The first-order valence-electron chi connectivity index (χ1n) is 8.85. The van der Waals surface area contributed by atoms with Crippen LogP contribution in [-0.2, 0) is 6.54 Å². The number of hydrogen-bond donors (Lipinski definition) is 1. The van der Waals surface area contributed by atoms with Gasteiger partial charge < -0.3 is 14.8 Å². The minimum Gasteiger partial charge on any atom is -0.494 e. The van der Waals surface area contributed by atoms with Gasteiger partial charge in [-0.15, -0.1) is 0 Å². The van der Waals surface area contributed by atoms with Gasteiger partial charge in [-0.3, -0.25) is 4.79 Å². The molecule has 0 heterocycles. The average Bonchev–Trinajstić information content (AvgIpc) is 2.61. The first-order valence-corrected chi connectivity index (χ1v) is 8.85. The lowest BCUT2D eigenvalue weighted by Gasteiger charge is -2.11. The molecule has 0 saturated heterocycles. The number of nitrogens with one attached hydrogen (secondary N) is 1. The van der Waals surface area contributed by atoms with Crippen LogP contribution in [-0.4, -0.2) is 18.6 Å². The molecule has 0 aliphatic heterocycles. The SMILES string of the molecule is CCCCOc1cccc(C(=O)NCc2ccc(OC(C)C)cc2)c1. The van der Waals surface area contributed by atoms with Gasteiger partial charge in [-0.25, -0.2) is 0 Å². The number of carbonyl (C=O) groups is 1. The fourth-order valence-electron chi connectivity index (χ4n) is 2.30. The van der Waals surface area contributed by atoms with E-state index >= 15 is 0 Å². The van der Waals surface area contributed by atoms with E-state index in [9.17, 15) is 4.79 Å². The van der Waals surface area contributed by atoms with Crippen molar-refractivity contribution in [3.63, 3.8) is 0 Å². The Balaban J connectivity index is 1.88. The summed E-state index contributed by atoms with van der Waals surface area (Å²) in [7, 11) is 0. The maximum absolute atomic E-state index is 12.3. The van der Waals surface area contributed by atoms with Crippen LogP contribution in [0, 0.1) is 0 Å². The molecule has 25 heavy (non-hydrogen) atoms. The molecule has 2 rings (SSSR count). The normalized spacial score (nSPS) is 10.6. The van der Waals surface area contributed by atoms with Crippen molar-refractivity contribution in [3.05, 3.63) is 59.7 Å². The lowest BCUT2D eigenvalue weighted by atomic mass is 10.2. The summed E-state index contributed by atoms with van der Waals surface area (Å²) in [5, 5.41) is 2.93. The molecular weight excluding hydrogens is 314 g/mol. The number of amides is 1. The van der Waals surface area contributed by atoms with Gasteiger partial charge in [0.05, 0.1) is 12.7 Å². The minimum absolute atomic E-state index is 0.108. The highest BCUT2D eigenvalue weighted by atomic mass is 16.5. The molecule has 1 N–H and O–H groups in total. The van der Waals surface area contributed by atoms with Crippen LogP contribution in [0.5, 0.6) is 11.5 Å². The Bertz CT molecular complexity index is 665. The van der Waals surface area contributed by atoms with E-state index in [4.69, 9.17) is 9.47 Å². The number of ether oxygens (including phenoxy) is 2. The highest BCUT2D eigenvalue weighted by Gasteiger charge is 2.07. The molecule has 2 aromatic carbocycles. The molecule has 0 unspecified atom stereocenters. The first kappa shape index (κ1) is 18.8. The Morgan fingerprint density at radius 3 is 2.52 bits per heavy atom. The molecule has 2 aromatic rings. The van der Waals surface area contributed by atoms with Crippen molar-refractivity contribution in [2.45, 2.75) is 46.3 Å². The van der Waals surface area contributed by atoms with Gasteiger partial charge in [0.15, 0.2) is 0 Å². The molecule has 0 atom stereocenters. The number of rotatable bonds is 9. The summed E-state index contributed by atoms with van der Waals surface area (Å²) in [6.45, 7) is 7.26. The zero-order valence-electron chi connectivity index (χ0n) is 15.2. The summed E-state index contributed by atoms with van der Waals surface area (Å²) in [6, 6.07) is 15.1. The molecule has 4 nitrogen and oxygen atoms in total. The summed E-state index contributed by atoms with van der Waals surface area (Å²) >= 11 is 0. The van der Waals surface area contributed by atoms with E-state index < -0.39 is 0 Å². The van der Waals surface area contributed by atoms with Crippen molar-refractivity contribution in [2.75, 3.05) is 6.61 Å². The van der Waals surface area contributed by atoms with E-state index in [1.807, 2.05) is 50.2 Å². The van der Waals surface area contributed by atoms with Crippen LogP contribution >= 0.6 is 0 Å². The lowest BCUT2D eigenvalue weighted by molar-refractivity contribution is 0.0950. The van der Waals surface area contributed by atoms with Gasteiger partial charge in [0.2, 0.25) is 0 Å². The largest absolute Gasteiger partial charge is 0.494 e. The number of benzene rings is 2. The van der Waals surface area contributed by atoms with Crippen LogP contribution in [0.25, 0.3) is 0 Å². The Labute approximate surface area is 150 Å². The highest BCUT2D eigenvalue weighted by molar-refractivity contribution is 5.94. The van der Waals surface area contributed by atoms with Crippen LogP contribution in [0.1, 0.15) is 49.5 Å². The third-order valence-electron chi connectivity index (χ3n) is 3.61. The molecule has 0 radical (unpaired) electrons. The van der Waals surface area contributed by atoms with Crippen molar-refractivity contribution in [1.82, 2.24) is 5.32 Å². The van der Waals surface area contributed by atoms with E-state index in [-0.39, 0.29) is 12.0 Å². The van der Waals surface area contributed by atoms with E-state index in [1.165, 1.54) is 0 Å². The zero-order valence-corrected chi connectivity index (χ0v) is 15.2. The second-order valence-electron chi connectivity index (χ2n) is 6.22. The van der Waals surface area contributed by atoms with Gasteiger partial charge in [0.25, 0.3) is 5.91 Å².